The molecule has 2 fully saturated rings. The maximum Gasteiger partial charge on any atom is 0.135 e. The zero-order chi connectivity index (χ0) is 14.1. The van der Waals surface area contributed by atoms with Gasteiger partial charge in [0.15, 0.2) is 0 Å². The fraction of sp³-hybridized carbons (Fsp3) is 0.733. The predicted octanol–water partition coefficient (Wildman–Crippen LogP) is 1.04. The number of fused-ring (bicyclic) bond motifs is 1. The molecule has 1 atom stereocenters. The molecule has 0 saturated carbocycles. The van der Waals surface area contributed by atoms with Crippen LogP contribution in [-0.4, -0.2) is 72.1 Å². The van der Waals surface area contributed by atoms with E-state index in [1.54, 1.807) is 6.33 Å². The van der Waals surface area contributed by atoms with Crippen LogP contribution in [-0.2, 0) is 0 Å². The lowest BCUT2D eigenvalue weighted by atomic mass is 10.0. The Labute approximate surface area is 121 Å². The molecule has 2 saturated heterocycles. The van der Waals surface area contributed by atoms with Crippen molar-refractivity contribution in [1.29, 1.82) is 0 Å². The Balaban J connectivity index is 1.78. The molecule has 2 aliphatic rings. The Hall–Kier alpha value is -1.20. The van der Waals surface area contributed by atoms with Gasteiger partial charge < -0.3 is 9.80 Å². The molecule has 0 N–H and O–H groups in total. The third-order valence-electron chi connectivity index (χ3n) is 4.54. The molecule has 1 aromatic rings. The monoisotopic (exact) mass is 275 g/mol. The molecule has 5 heteroatoms. The summed E-state index contributed by atoms with van der Waals surface area (Å²) in [7, 11) is 2.22. The summed E-state index contributed by atoms with van der Waals surface area (Å²) >= 11 is 0. The van der Waals surface area contributed by atoms with E-state index in [4.69, 9.17) is 0 Å². The van der Waals surface area contributed by atoms with Crippen molar-refractivity contribution in [2.45, 2.75) is 25.8 Å². The Morgan fingerprint density at radius 2 is 1.95 bits per heavy atom. The van der Waals surface area contributed by atoms with Crippen LogP contribution in [0.5, 0.6) is 0 Å². The van der Waals surface area contributed by atoms with Crippen molar-refractivity contribution >= 4 is 5.82 Å². The molecular formula is C15H25N5. The van der Waals surface area contributed by atoms with E-state index >= 15 is 0 Å². The summed E-state index contributed by atoms with van der Waals surface area (Å²) in [6.45, 7) is 11.3. The van der Waals surface area contributed by atoms with Crippen molar-refractivity contribution in [3.8, 4) is 0 Å². The SMILES string of the molecule is CC(C)c1cncnc1N1CCN2CCN(C)C[C@H]2C1. The third kappa shape index (κ3) is 2.65. The Bertz CT molecular complexity index is 461. The number of likely N-dealkylation sites (N-methyl/N-ethyl adjacent to an activating group) is 1. The Kier molecular flexibility index (Phi) is 3.89. The molecule has 0 spiro atoms. The normalized spacial score (nSPS) is 25.0. The highest BCUT2D eigenvalue weighted by atomic mass is 15.4. The molecule has 0 radical (unpaired) electrons. The Morgan fingerprint density at radius 3 is 2.75 bits per heavy atom. The maximum atomic E-state index is 4.56. The van der Waals surface area contributed by atoms with E-state index in [2.05, 4.69) is 45.6 Å². The number of piperazine rings is 2. The predicted molar refractivity (Wildman–Crippen MR) is 81.2 cm³/mol. The summed E-state index contributed by atoms with van der Waals surface area (Å²) in [4.78, 5) is 16.3. The molecule has 0 bridgehead atoms. The van der Waals surface area contributed by atoms with Crippen LogP contribution < -0.4 is 4.90 Å². The van der Waals surface area contributed by atoms with Gasteiger partial charge in [0.25, 0.3) is 0 Å². The third-order valence-corrected chi connectivity index (χ3v) is 4.54. The summed E-state index contributed by atoms with van der Waals surface area (Å²) < 4.78 is 0. The van der Waals surface area contributed by atoms with E-state index < -0.39 is 0 Å². The van der Waals surface area contributed by atoms with Gasteiger partial charge in [-0.1, -0.05) is 13.8 Å². The van der Waals surface area contributed by atoms with Crippen LogP contribution in [0.2, 0.25) is 0 Å². The van der Waals surface area contributed by atoms with Gasteiger partial charge in [0, 0.05) is 57.1 Å². The van der Waals surface area contributed by atoms with Gasteiger partial charge in [-0.3, -0.25) is 4.90 Å². The van der Waals surface area contributed by atoms with Crippen LogP contribution in [0.15, 0.2) is 12.5 Å². The summed E-state index contributed by atoms with van der Waals surface area (Å²) in [5.41, 5.74) is 1.27. The number of hydrogen-bond donors (Lipinski definition) is 0. The lowest BCUT2D eigenvalue weighted by molar-refractivity contribution is 0.0804. The Morgan fingerprint density at radius 1 is 1.15 bits per heavy atom. The van der Waals surface area contributed by atoms with Gasteiger partial charge in [0.05, 0.1) is 0 Å². The van der Waals surface area contributed by atoms with Crippen LogP contribution in [0.3, 0.4) is 0 Å². The highest BCUT2D eigenvalue weighted by Gasteiger charge is 2.32. The number of anilines is 1. The minimum Gasteiger partial charge on any atom is -0.353 e. The lowest BCUT2D eigenvalue weighted by Crippen LogP contribution is -2.61. The van der Waals surface area contributed by atoms with Crippen molar-refractivity contribution in [3.05, 3.63) is 18.1 Å². The number of aromatic nitrogens is 2. The smallest absolute Gasteiger partial charge is 0.135 e. The molecule has 110 valence electrons. The van der Waals surface area contributed by atoms with E-state index in [-0.39, 0.29) is 0 Å². The highest BCUT2D eigenvalue weighted by molar-refractivity contribution is 5.47. The van der Waals surface area contributed by atoms with Crippen LogP contribution in [0.1, 0.15) is 25.3 Å². The summed E-state index contributed by atoms with van der Waals surface area (Å²) in [5.74, 6) is 1.61. The minimum atomic E-state index is 0.471. The molecule has 0 unspecified atom stereocenters. The summed E-state index contributed by atoms with van der Waals surface area (Å²) in [6.07, 6.45) is 3.66. The molecular weight excluding hydrogens is 250 g/mol. The van der Waals surface area contributed by atoms with Gasteiger partial charge in [-0.05, 0) is 13.0 Å². The standard InChI is InChI=1S/C15H25N5/c1-12(2)14-8-16-11-17-15(14)20-7-6-19-5-4-18(3)9-13(19)10-20/h8,11-13H,4-7,9-10H2,1-3H3/t13-/m0/s1. The van der Waals surface area contributed by atoms with Crippen LogP contribution in [0.4, 0.5) is 5.82 Å². The molecule has 0 amide bonds. The van der Waals surface area contributed by atoms with Gasteiger partial charge in [-0.15, -0.1) is 0 Å². The second kappa shape index (κ2) is 5.66. The largest absolute Gasteiger partial charge is 0.353 e. The molecule has 3 rings (SSSR count). The maximum absolute atomic E-state index is 4.56. The lowest BCUT2D eigenvalue weighted by Gasteiger charge is -2.47. The molecule has 0 aliphatic carbocycles. The number of nitrogens with zero attached hydrogens (tertiary/aromatic N) is 5. The second-order valence-electron chi connectivity index (χ2n) is 6.35. The van der Waals surface area contributed by atoms with E-state index in [0.29, 0.717) is 12.0 Å². The van der Waals surface area contributed by atoms with E-state index in [1.165, 1.54) is 25.2 Å². The minimum absolute atomic E-state index is 0.471. The number of rotatable bonds is 2. The first-order chi connectivity index (χ1) is 9.65. The van der Waals surface area contributed by atoms with Crippen molar-refractivity contribution in [2.24, 2.45) is 0 Å². The van der Waals surface area contributed by atoms with E-state index in [1.807, 2.05) is 6.20 Å². The zero-order valence-corrected chi connectivity index (χ0v) is 12.8. The first-order valence-corrected chi connectivity index (χ1v) is 7.62. The van der Waals surface area contributed by atoms with Gasteiger partial charge >= 0.3 is 0 Å². The van der Waals surface area contributed by atoms with Crippen LogP contribution >= 0.6 is 0 Å². The second-order valence-corrected chi connectivity index (χ2v) is 6.35. The van der Waals surface area contributed by atoms with Gasteiger partial charge in [-0.25, -0.2) is 9.97 Å². The van der Waals surface area contributed by atoms with Crippen molar-refractivity contribution in [1.82, 2.24) is 19.8 Å². The zero-order valence-electron chi connectivity index (χ0n) is 12.8. The van der Waals surface area contributed by atoms with Gasteiger partial charge in [0.1, 0.15) is 12.1 Å². The first kappa shape index (κ1) is 13.8. The number of hydrogen-bond acceptors (Lipinski definition) is 5. The molecule has 0 aromatic carbocycles. The average Bonchev–Trinajstić information content (AvgIpc) is 2.46. The quantitative estimate of drug-likeness (QED) is 0.806. The first-order valence-electron chi connectivity index (χ1n) is 7.62. The van der Waals surface area contributed by atoms with Crippen molar-refractivity contribution < 1.29 is 0 Å². The highest BCUT2D eigenvalue weighted by Crippen LogP contribution is 2.26. The van der Waals surface area contributed by atoms with Gasteiger partial charge in [0.2, 0.25) is 0 Å². The fourth-order valence-electron chi connectivity index (χ4n) is 3.31. The van der Waals surface area contributed by atoms with Crippen LogP contribution in [0, 0.1) is 0 Å². The molecule has 1 aromatic heterocycles. The van der Waals surface area contributed by atoms with Crippen molar-refractivity contribution in [3.63, 3.8) is 0 Å². The molecule has 20 heavy (non-hydrogen) atoms. The fourth-order valence-corrected chi connectivity index (χ4v) is 3.31. The van der Waals surface area contributed by atoms with Crippen LogP contribution in [0.25, 0.3) is 0 Å². The van der Waals surface area contributed by atoms with Crippen molar-refractivity contribution in [2.75, 3.05) is 51.2 Å². The summed E-state index contributed by atoms with van der Waals surface area (Å²) in [6, 6.07) is 0.637. The average molecular weight is 275 g/mol. The van der Waals surface area contributed by atoms with Gasteiger partial charge in [-0.2, -0.15) is 0 Å². The molecule has 2 aliphatic heterocycles. The molecule has 3 heterocycles. The molecule has 5 nitrogen and oxygen atoms in total. The summed E-state index contributed by atoms with van der Waals surface area (Å²) in [5, 5.41) is 0. The van der Waals surface area contributed by atoms with E-state index in [0.717, 1.165) is 25.5 Å². The topological polar surface area (TPSA) is 35.5 Å². The van der Waals surface area contributed by atoms with E-state index in [9.17, 15) is 0 Å².